The highest BCUT2D eigenvalue weighted by Crippen LogP contribution is 2.27. The second kappa shape index (κ2) is 7.69. The first kappa shape index (κ1) is 19.0. The lowest BCUT2D eigenvalue weighted by molar-refractivity contribution is 0.322. The summed E-state index contributed by atoms with van der Waals surface area (Å²) >= 11 is 1.90. The number of hydrogen-bond acceptors (Lipinski definition) is 2. The van der Waals surface area contributed by atoms with Crippen molar-refractivity contribution in [1.82, 2.24) is 4.90 Å². The quantitative estimate of drug-likeness (QED) is 0.532. The van der Waals surface area contributed by atoms with Crippen LogP contribution in [0.5, 0.6) is 0 Å². The van der Waals surface area contributed by atoms with E-state index >= 15 is 0 Å². The molecule has 0 aliphatic rings. The molecular weight excluding hydrogens is 334 g/mol. The first-order valence-corrected chi connectivity index (χ1v) is 8.99. The normalized spacial score (nSPS) is 11.7. The second-order valence-corrected chi connectivity index (χ2v) is 8.54. The SMILES string of the molecule is CN(Cc1ccc(C(C)(C)C)cc1)Cc1cc2ccccc2s1.Cl. The summed E-state index contributed by atoms with van der Waals surface area (Å²) in [6.07, 6.45) is 0. The summed E-state index contributed by atoms with van der Waals surface area (Å²) in [4.78, 5) is 3.82. The van der Waals surface area contributed by atoms with Gasteiger partial charge in [0.25, 0.3) is 0 Å². The number of rotatable bonds is 4. The maximum absolute atomic E-state index is 2.39. The molecule has 128 valence electrons. The second-order valence-electron chi connectivity index (χ2n) is 7.37. The Balaban J connectivity index is 0.00000208. The van der Waals surface area contributed by atoms with Gasteiger partial charge in [0.05, 0.1) is 0 Å². The number of thiophene rings is 1. The van der Waals surface area contributed by atoms with Gasteiger partial charge >= 0.3 is 0 Å². The van der Waals surface area contributed by atoms with Crippen LogP contribution in [-0.2, 0) is 18.5 Å². The molecule has 3 rings (SSSR count). The highest BCUT2D eigenvalue weighted by atomic mass is 35.5. The Morgan fingerprint density at radius 3 is 2.21 bits per heavy atom. The van der Waals surface area contributed by atoms with Gasteiger partial charge in [0.2, 0.25) is 0 Å². The van der Waals surface area contributed by atoms with Crippen LogP contribution in [-0.4, -0.2) is 11.9 Å². The van der Waals surface area contributed by atoms with Gasteiger partial charge in [0, 0.05) is 22.7 Å². The lowest BCUT2D eigenvalue weighted by Gasteiger charge is -2.20. The largest absolute Gasteiger partial charge is 0.297 e. The molecule has 0 N–H and O–H groups in total. The zero-order valence-corrected chi connectivity index (χ0v) is 16.5. The summed E-state index contributed by atoms with van der Waals surface area (Å²) in [5, 5.41) is 1.36. The maximum Gasteiger partial charge on any atom is 0.0346 e. The monoisotopic (exact) mass is 359 g/mol. The fourth-order valence-electron chi connectivity index (χ4n) is 2.86. The highest BCUT2D eigenvalue weighted by Gasteiger charge is 2.13. The molecule has 0 atom stereocenters. The standard InChI is InChI=1S/C21H25NS.ClH/c1-21(2,3)18-11-9-16(10-12-18)14-22(4)15-19-13-17-7-5-6-8-20(17)23-19;/h5-13H,14-15H2,1-4H3;1H. The van der Waals surface area contributed by atoms with E-state index in [4.69, 9.17) is 0 Å². The van der Waals surface area contributed by atoms with Crippen molar-refractivity contribution >= 4 is 33.8 Å². The van der Waals surface area contributed by atoms with E-state index in [1.807, 2.05) is 11.3 Å². The minimum atomic E-state index is 0. The van der Waals surface area contributed by atoms with Crippen LogP contribution in [0.15, 0.2) is 54.6 Å². The lowest BCUT2D eigenvalue weighted by atomic mass is 9.87. The molecule has 2 aromatic carbocycles. The van der Waals surface area contributed by atoms with E-state index in [1.54, 1.807) is 0 Å². The summed E-state index contributed by atoms with van der Waals surface area (Å²) in [5.41, 5.74) is 3.00. The van der Waals surface area contributed by atoms with E-state index in [9.17, 15) is 0 Å². The smallest absolute Gasteiger partial charge is 0.0346 e. The molecule has 0 unspecified atom stereocenters. The van der Waals surface area contributed by atoms with Gasteiger partial charge in [-0.2, -0.15) is 0 Å². The fourth-order valence-corrected chi connectivity index (χ4v) is 4.00. The molecule has 0 spiro atoms. The molecule has 0 saturated carbocycles. The molecule has 1 aromatic heterocycles. The molecule has 0 amide bonds. The molecule has 0 radical (unpaired) electrons. The minimum absolute atomic E-state index is 0. The molecule has 1 nitrogen and oxygen atoms in total. The zero-order chi connectivity index (χ0) is 16.4. The Bertz CT molecular complexity index is 750. The highest BCUT2D eigenvalue weighted by molar-refractivity contribution is 7.19. The molecule has 3 heteroatoms. The van der Waals surface area contributed by atoms with Gasteiger partial charge in [-0.15, -0.1) is 23.7 Å². The average molecular weight is 360 g/mol. The average Bonchev–Trinajstić information content (AvgIpc) is 2.88. The molecule has 0 aliphatic heterocycles. The van der Waals surface area contributed by atoms with Crippen molar-refractivity contribution < 1.29 is 0 Å². The van der Waals surface area contributed by atoms with E-state index in [0.717, 1.165) is 13.1 Å². The Labute approximate surface area is 155 Å². The van der Waals surface area contributed by atoms with Crippen LogP contribution in [0.25, 0.3) is 10.1 Å². The molecule has 0 bridgehead atoms. The minimum Gasteiger partial charge on any atom is -0.297 e. The van der Waals surface area contributed by atoms with Gasteiger partial charge < -0.3 is 0 Å². The van der Waals surface area contributed by atoms with Crippen LogP contribution >= 0.6 is 23.7 Å². The third-order valence-corrected chi connectivity index (χ3v) is 5.28. The van der Waals surface area contributed by atoms with Crippen LogP contribution in [0.2, 0.25) is 0 Å². The van der Waals surface area contributed by atoms with Crippen molar-refractivity contribution in [2.24, 2.45) is 0 Å². The molecule has 0 aliphatic carbocycles. The molecule has 0 fully saturated rings. The van der Waals surface area contributed by atoms with E-state index in [1.165, 1.54) is 26.1 Å². The van der Waals surface area contributed by atoms with Gasteiger partial charge in [0.15, 0.2) is 0 Å². The van der Waals surface area contributed by atoms with E-state index < -0.39 is 0 Å². The van der Waals surface area contributed by atoms with Crippen molar-refractivity contribution in [1.29, 1.82) is 0 Å². The van der Waals surface area contributed by atoms with Crippen LogP contribution in [0.1, 0.15) is 36.8 Å². The molecule has 24 heavy (non-hydrogen) atoms. The summed E-state index contributed by atoms with van der Waals surface area (Å²) < 4.78 is 1.38. The summed E-state index contributed by atoms with van der Waals surface area (Å²) in [6, 6.07) is 20.0. The van der Waals surface area contributed by atoms with Crippen LogP contribution in [0.3, 0.4) is 0 Å². The van der Waals surface area contributed by atoms with Crippen molar-refractivity contribution in [3.63, 3.8) is 0 Å². The predicted octanol–water partition coefficient (Wildman–Crippen LogP) is 6.25. The Morgan fingerprint density at radius 1 is 0.917 bits per heavy atom. The third kappa shape index (κ3) is 4.60. The van der Waals surface area contributed by atoms with E-state index in [2.05, 4.69) is 87.3 Å². The zero-order valence-electron chi connectivity index (χ0n) is 14.9. The summed E-state index contributed by atoms with van der Waals surface area (Å²) in [5.74, 6) is 0. The number of nitrogens with zero attached hydrogens (tertiary/aromatic N) is 1. The molecular formula is C21H26ClNS. The van der Waals surface area contributed by atoms with Gasteiger partial charge in [-0.05, 0) is 41.1 Å². The molecule has 0 saturated heterocycles. The predicted molar refractivity (Wildman–Crippen MR) is 109 cm³/mol. The topological polar surface area (TPSA) is 3.24 Å². The number of hydrogen-bond donors (Lipinski definition) is 0. The van der Waals surface area contributed by atoms with Gasteiger partial charge in [-0.25, -0.2) is 0 Å². The van der Waals surface area contributed by atoms with Gasteiger partial charge in [-0.1, -0.05) is 63.2 Å². The maximum atomic E-state index is 2.39. The van der Waals surface area contributed by atoms with E-state index in [-0.39, 0.29) is 17.8 Å². The first-order valence-electron chi connectivity index (χ1n) is 8.17. The summed E-state index contributed by atoms with van der Waals surface area (Å²) in [6.45, 7) is 8.76. The Hall–Kier alpha value is -1.35. The number of halogens is 1. The van der Waals surface area contributed by atoms with Crippen molar-refractivity contribution in [2.75, 3.05) is 7.05 Å². The van der Waals surface area contributed by atoms with Crippen LogP contribution in [0.4, 0.5) is 0 Å². The summed E-state index contributed by atoms with van der Waals surface area (Å²) in [7, 11) is 2.20. The van der Waals surface area contributed by atoms with Crippen molar-refractivity contribution in [3.8, 4) is 0 Å². The van der Waals surface area contributed by atoms with E-state index in [0.29, 0.717) is 0 Å². The van der Waals surface area contributed by atoms with Crippen LogP contribution < -0.4 is 0 Å². The molecule has 3 aromatic rings. The lowest BCUT2D eigenvalue weighted by Crippen LogP contribution is -2.17. The van der Waals surface area contributed by atoms with Crippen molar-refractivity contribution in [2.45, 2.75) is 39.3 Å². The fraction of sp³-hybridized carbons (Fsp3) is 0.333. The number of benzene rings is 2. The Morgan fingerprint density at radius 2 is 1.58 bits per heavy atom. The van der Waals surface area contributed by atoms with Gasteiger partial charge in [0.1, 0.15) is 0 Å². The first-order chi connectivity index (χ1) is 10.9. The Kier molecular flexibility index (Phi) is 6.08. The van der Waals surface area contributed by atoms with Crippen molar-refractivity contribution in [3.05, 3.63) is 70.6 Å². The molecule has 1 heterocycles. The number of fused-ring (bicyclic) bond motifs is 1. The third-order valence-electron chi connectivity index (χ3n) is 4.17. The van der Waals surface area contributed by atoms with Gasteiger partial charge in [-0.3, -0.25) is 4.90 Å². The van der Waals surface area contributed by atoms with Crippen LogP contribution in [0, 0.1) is 0 Å².